The minimum atomic E-state index is -0.571. The predicted octanol–water partition coefficient (Wildman–Crippen LogP) is 4.63. The van der Waals surface area contributed by atoms with Crippen LogP contribution in [0.4, 0.5) is 4.39 Å². The summed E-state index contributed by atoms with van der Waals surface area (Å²) in [6, 6.07) is 9.42. The molecule has 0 saturated carbocycles. The Morgan fingerprint density at radius 2 is 2.05 bits per heavy atom. The van der Waals surface area contributed by atoms with Crippen LogP contribution in [0.15, 0.2) is 40.9 Å². The summed E-state index contributed by atoms with van der Waals surface area (Å²) in [5.74, 6) is -0.484. The third kappa shape index (κ3) is 3.55. The molecule has 0 aliphatic rings. The van der Waals surface area contributed by atoms with Gasteiger partial charge in [-0.3, -0.25) is 4.79 Å². The topological polar surface area (TPSA) is 26.3 Å². The fourth-order valence-corrected chi connectivity index (χ4v) is 2.23. The van der Waals surface area contributed by atoms with Crippen LogP contribution < -0.4 is 4.74 Å². The van der Waals surface area contributed by atoms with Crippen molar-refractivity contribution >= 4 is 33.8 Å². The number of halogens is 3. The van der Waals surface area contributed by atoms with Crippen molar-refractivity contribution in [2.45, 2.75) is 6.61 Å². The van der Waals surface area contributed by atoms with E-state index in [1.54, 1.807) is 12.1 Å². The first-order valence-electron chi connectivity index (χ1n) is 5.41. The summed E-state index contributed by atoms with van der Waals surface area (Å²) < 4.78 is 19.8. The van der Waals surface area contributed by atoms with Gasteiger partial charge in [0, 0.05) is 20.6 Å². The molecule has 0 aromatic heterocycles. The number of rotatable bonds is 4. The Bertz CT molecular complexity index is 616. The lowest BCUT2D eigenvalue weighted by atomic mass is 10.2. The van der Waals surface area contributed by atoms with Gasteiger partial charge in [0.05, 0.1) is 0 Å². The molecule has 0 spiro atoms. The van der Waals surface area contributed by atoms with Gasteiger partial charge in [-0.1, -0.05) is 33.6 Å². The highest BCUT2D eigenvalue weighted by Gasteiger charge is 2.07. The third-order valence-electron chi connectivity index (χ3n) is 2.49. The summed E-state index contributed by atoms with van der Waals surface area (Å²) in [5.41, 5.74) is 1.02. The molecule has 2 rings (SSSR count). The van der Waals surface area contributed by atoms with E-state index in [1.807, 2.05) is 6.07 Å². The lowest BCUT2D eigenvalue weighted by molar-refractivity contribution is 0.112. The Kier molecular flexibility index (Phi) is 4.56. The van der Waals surface area contributed by atoms with Gasteiger partial charge in [0.2, 0.25) is 0 Å². The van der Waals surface area contributed by atoms with E-state index < -0.39 is 5.82 Å². The van der Waals surface area contributed by atoms with Crippen molar-refractivity contribution in [3.05, 3.63) is 62.8 Å². The van der Waals surface area contributed by atoms with E-state index in [0.717, 1.165) is 16.1 Å². The molecule has 2 nitrogen and oxygen atoms in total. The lowest BCUT2D eigenvalue weighted by Gasteiger charge is -2.09. The molecule has 0 fully saturated rings. The van der Waals surface area contributed by atoms with Crippen LogP contribution in [0.1, 0.15) is 15.9 Å². The molecule has 0 saturated heterocycles. The van der Waals surface area contributed by atoms with Crippen LogP contribution in [-0.2, 0) is 6.61 Å². The second kappa shape index (κ2) is 6.17. The van der Waals surface area contributed by atoms with Gasteiger partial charge < -0.3 is 4.74 Å². The second-order valence-electron chi connectivity index (χ2n) is 3.83. The monoisotopic (exact) mass is 342 g/mol. The van der Waals surface area contributed by atoms with Gasteiger partial charge >= 0.3 is 0 Å². The standard InChI is InChI=1S/C14H9BrClFO2/c15-11-3-2-10(12(16)6-11)8-19-14-4-1-9(7-18)5-13(14)17/h1-7H,8H2. The zero-order chi connectivity index (χ0) is 13.8. The molecule has 0 aliphatic carbocycles. The molecular formula is C14H9BrClFO2. The van der Waals surface area contributed by atoms with Gasteiger partial charge in [-0.2, -0.15) is 0 Å². The maximum atomic E-state index is 13.6. The highest BCUT2D eigenvalue weighted by atomic mass is 79.9. The quantitative estimate of drug-likeness (QED) is 0.756. The number of aldehydes is 1. The van der Waals surface area contributed by atoms with Crippen LogP contribution in [0, 0.1) is 5.82 Å². The van der Waals surface area contributed by atoms with Gasteiger partial charge in [0.15, 0.2) is 11.6 Å². The molecule has 0 bridgehead atoms. The van der Waals surface area contributed by atoms with Crippen molar-refractivity contribution in [2.24, 2.45) is 0 Å². The minimum absolute atomic E-state index is 0.0876. The van der Waals surface area contributed by atoms with Gasteiger partial charge in [-0.15, -0.1) is 0 Å². The predicted molar refractivity (Wildman–Crippen MR) is 75.3 cm³/mol. The van der Waals surface area contributed by atoms with E-state index in [-0.39, 0.29) is 17.9 Å². The highest BCUT2D eigenvalue weighted by Crippen LogP contribution is 2.24. The minimum Gasteiger partial charge on any atom is -0.486 e. The molecule has 19 heavy (non-hydrogen) atoms. The van der Waals surface area contributed by atoms with E-state index in [9.17, 15) is 9.18 Å². The van der Waals surface area contributed by atoms with E-state index >= 15 is 0 Å². The third-order valence-corrected chi connectivity index (χ3v) is 3.34. The van der Waals surface area contributed by atoms with Gasteiger partial charge in [-0.25, -0.2) is 4.39 Å². The summed E-state index contributed by atoms with van der Waals surface area (Å²) in [6.07, 6.45) is 0.582. The normalized spacial score (nSPS) is 10.3. The molecule has 98 valence electrons. The van der Waals surface area contributed by atoms with Crippen LogP contribution in [0.3, 0.4) is 0 Å². The summed E-state index contributed by atoms with van der Waals surface area (Å²) in [5, 5.41) is 0.541. The number of hydrogen-bond donors (Lipinski definition) is 0. The molecule has 0 aliphatic heterocycles. The van der Waals surface area contributed by atoms with E-state index in [0.29, 0.717) is 11.3 Å². The maximum absolute atomic E-state index is 13.6. The van der Waals surface area contributed by atoms with Gasteiger partial charge in [0.1, 0.15) is 12.9 Å². The lowest BCUT2D eigenvalue weighted by Crippen LogP contribution is -1.98. The zero-order valence-corrected chi connectivity index (χ0v) is 12.0. The molecule has 5 heteroatoms. The molecule has 0 radical (unpaired) electrons. The van der Waals surface area contributed by atoms with Gasteiger partial charge in [-0.05, 0) is 30.3 Å². The van der Waals surface area contributed by atoms with Gasteiger partial charge in [0.25, 0.3) is 0 Å². The van der Waals surface area contributed by atoms with Crippen LogP contribution in [0.5, 0.6) is 5.75 Å². The Hall–Kier alpha value is -1.39. The van der Waals surface area contributed by atoms with E-state index in [1.165, 1.54) is 12.1 Å². The van der Waals surface area contributed by atoms with Crippen LogP contribution in [0.2, 0.25) is 5.02 Å². The number of hydrogen-bond acceptors (Lipinski definition) is 2. The Morgan fingerprint density at radius 3 is 2.68 bits per heavy atom. The summed E-state index contributed by atoms with van der Waals surface area (Å²) in [4.78, 5) is 10.5. The zero-order valence-electron chi connectivity index (χ0n) is 9.70. The Balaban J connectivity index is 2.12. The summed E-state index contributed by atoms with van der Waals surface area (Å²) in [6.45, 7) is 0.156. The maximum Gasteiger partial charge on any atom is 0.165 e. The molecule has 0 heterocycles. The average molecular weight is 344 g/mol. The van der Waals surface area contributed by atoms with Crippen LogP contribution >= 0.6 is 27.5 Å². The second-order valence-corrected chi connectivity index (χ2v) is 5.15. The van der Waals surface area contributed by atoms with Crippen molar-refractivity contribution in [3.8, 4) is 5.75 Å². The highest BCUT2D eigenvalue weighted by molar-refractivity contribution is 9.10. The number of ether oxygens (including phenoxy) is 1. The summed E-state index contributed by atoms with van der Waals surface area (Å²) in [7, 11) is 0. The first-order chi connectivity index (χ1) is 9.10. The molecule has 2 aromatic rings. The summed E-state index contributed by atoms with van der Waals surface area (Å²) >= 11 is 9.33. The fourth-order valence-electron chi connectivity index (χ4n) is 1.50. The molecule has 0 N–H and O–H groups in total. The molecular weight excluding hydrogens is 335 g/mol. The Morgan fingerprint density at radius 1 is 1.26 bits per heavy atom. The SMILES string of the molecule is O=Cc1ccc(OCc2ccc(Br)cc2Cl)c(F)c1. The molecule has 0 atom stereocenters. The van der Waals surface area contributed by atoms with Crippen molar-refractivity contribution < 1.29 is 13.9 Å². The smallest absolute Gasteiger partial charge is 0.165 e. The van der Waals surface area contributed by atoms with Crippen molar-refractivity contribution in [1.82, 2.24) is 0 Å². The molecule has 2 aromatic carbocycles. The largest absolute Gasteiger partial charge is 0.486 e. The van der Waals surface area contributed by atoms with Crippen LogP contribution in [-0.4, -0.2) is 6.29 Å². The van der Waals surface area contributed by atoms with Crippen LogP contribution in [0.25, 0.3) is 0 Å². The fraction of sp³-hybridized carbons (Fsp3) is 0.0714. The molecule has 0 amide bonds. The van der Waals surface area contributed by atoms with Crippen molar-refractivity contribution in [3.63, 3.8) is 0 Å². The first kappa shape index (κ1) is 14.0. The number of carbonyl (C=O) groups excluding carboxylic acids is 1. The van der Waals surface area contributed by atoms with E-state index in [4.69, 9.17) is 16.3 Å². The van der Waals surface area contributed by atoms with Crippen molar-refractivity contribution in [1.29, 1.82) is 0 Å². The Labute approximate surface area is 123 Å². The van der Waals surface area contributed by atoms with Crippen molar-refractivity contribution in [2.75, 3.05) is 0 Å². The first-order valence-corrected chi connectivity index (χ1v) is 6.58. The van der Waals surface area contributed by atoms with E-state index in [2.05, 4.69) is 15.9 Å². The molecule has 0 unspecified atom stereocenters. The number of carbonyl (C=O) groups is 1. The average Bonchev–Trinajstić information content (AvgIpc) is 2.39. The number of benzene rings is 2.